The Kier molecular flexibility index (Phi) is 3.92. The van der Waals surface area contributed by atoms with Crippen molar-refractivity contribution in [3.8, 4) is 11.1 Å². The van der Waals surface area contributed by atoms with Gasteiger partial charge in [0.2, 0.25) is 0 Å². The molecule has 20 heavy (non-hydrogen) atoms. The average Bonchev–Trinajstić information content (AvgIpc) is 3.04. The summed E-state index contributed by atoms with van der Waals surface area (Å²) in [5.74, 6) is 5.70. The first-order valence-corrected chi connectivity index (χ1v) is 7.46. The molecule has 3 aromatic rings. The third-order valence-electron chi connectivity index (χ3n) is 3.39. The van der Waals surface area contributed by atoms with Crippen LogP contribution in [-0.4, -0.2) is 0 Å². The maximum atomic E-state index is 5.70. The number of benzene rings is 2. The Labute approximate surface area is 122 Å². The van der Waals surface area contributed by atoms with Crippen LogP contribution >= 0.6 is 11.3 Å². The molecule has 2 nitrogen and oxygen atoms in total. The molecule has 0 radical (unpaired) electrons. The summed E-state index contributed by atoms with van der Waals surface area (Å²) in [6.45, 7) is 0. The van der Waals surface area contributed by atoms with E-state index < -0.39 is 0 Å². The van der Waals surface area contributed by atoms with Gasteiger partial charge in [-0.25, -0.2) is 5.43 Å². The van der Waals surface area contributed by atoms with Crippen molar-refractivity contribution in [2.45, 2.75) is 6.04 Å². The highest BCUT2D eigenvalue weighted by Crippen LogP contribution is 2.26. The maximum absolute atomic E-state index is 5.70. The van der Waals surface area contributed by atoms with Gasteiger partial charge in [-0.2, -0.15) is 11.3 Å². The fraction of sp³-hybridized carbons (Fsp3) is 0.0588. The summed E-state index contributed by atoms with van der Waals surface area (Å²) in [6, 6.07) is 21.1. The zero-order valence-electron chi connectivity index (χ0n) is 11.0. The molecule has 0 bridgehead atoms. The van der Waals surface area contributed by atoms with Crippen molar-refractivity contribution in [2.24, 2.45) is 5.84 Å². The quantitative estimate of drug-likeness (QED) is 0.560. The molecule has 0 saturated heterocycles. The number of nitrogens with two attached hydrogens (primary N) is 1. The van der Waals surface area contributed by atoms with Gasteiger partial charge >= 0.3 is 0 Å². The summed E-state index contributed by atoms with van der Waals surface area (Å²) in [4.78, 5) is 0. The first-order chi connectivity index (χ1) is 9.88. The van der Waals surface area contributed by atoms with E-state index in [0.29, 0.717) is 0 Å². The van der Waals surface area contributed by atoms with Crippen molar-refractivity contribution in [1.29, 1.82) is 0 Å². The predicted molar refractivity (Wildman–Crippen MR) is 85.4 cm³/mol. The molecular weight excluding hydrogens is 264 g/mol. The van der Waals surface area contributed by atoms with Gasteiger partial charge in [-0.05, 0) is 39.1 Å². The van der Waals surface area contributed by atoms with Gasteiger partial charge in [0.05, 0.1) is 6.04 Å². The summed E-state index contributed by atoms with van der Waals surface area (Å²) in [6.07, 6.45) is 0. The van der Waals surface area contributed by atoms with E-state index >= 15 is 0 Å². The molecule has 3 heteroatoms. The van der Waals surface area contributed by atoms with E-state index in [-0.39, 0.29) is 6.04 Å². The molecular formula is C17H16N2S. The Balaban J connectivity index is 1.89. The van der Waals surface area contributed by atoms with Crippen LogP contribution in [-0.2, 0) is 0 Å². The number of hydrogen-bond donors (Lipinski definition) is 2. The number of nitrogens with one attached hydrogen (secondary N) is 1. The van der Waals surface area contributed by atoms with E-state index in [2.05, 4.69) is 70.8 Å². The monoisotopic (exact) mass is 280 g/mol. The molecule has 1 unspecified atom stereocenters. The normalized spacial score (nSPS) is 12.2. The maximum Gasteiger partial charge on any atom is 0.0718 e. The Morgan fingerprint density at radius 2 is 1.50 bits per heavy atom. The van der Waals surface area contributed by atoms with Crippen LogP contribution in [0.4, 0.5) is 0 Å². The third-order valence-corrected chi connectivity index (χ3v) is 4.10. The highest BCUT2D eigenvalue weighted by atomic mass is 32.1. The van der Waals surface area contributed by atoms with Crippen LogP contribution in [0, 0.1) is 0 Å². The summed E-state index contributed by atoms with van der Waals surface area (Å²) in [5, 5.41) is 4.19. The fourth-order valence-electron chi connectivity index (χ4n) is 2.32. The van der Waals surface area contributed by atoms with Crippen molar-refractivity contribution in [3.63, 3.8) is 0 Å². The van der Waals surface area contributed by atoms with Crippen LogP contribution in [0.1, 0.15) is 17.2 Å². The molecule has 0 saturated carbocycles. The minimum absolute atomic E-state index is 0.0473. The molecule has 0 aliphatic rings. The zero-order chi connectivity index (χ0) is 13.8. The minimum Gasteiger partial charge on any atom is -0.271 e. The first kappa shape index (κ1) is 13.1. The van der Waals surface area contributed by atoms with E-state index in [1.807, 2.05) is 6.07 Å². The summed E-state index contributed by atoms with van der Waals surface area (Å²) >= 11 is 1.68. The highest BCUT2D eigenvalue weighted by Gasteiger charge is 2.12. The second-order valence-electron chi connectivity index (χ2n) is 4.64. The van der Waals surface area contributed by atoms with Crippen LogP contribution in [0.5, 0.6) is 0 Å². The Hall–Kier alpha value is -1.94. The van der Waals surface area contributed by atoms with Crippen molar-refractivity contribution in [1.82, 2.24) is 5.43 Å². The first-order valence-electron chi connectivity index (χ1n) is 6.52. The smallest absolute Gasteiger partial charge is 0.0718 e. The lowest BCUT2D eigenvalue weighted by molar-refractivity contribution is 0.639. The van der Waals surface area contributed by atoms with Crippen molar-refractivity contribution < 1.29 is 0 Å². The van der Waals surface area contributed by atoms with Crippen molar-refractivity contribution in [2.75, 3.05) is 0 Å². The molecule has 0 spiro atoms. The summed E-state index contributed by atoms with van der Waals surface area (Å²) < 4.78 is 0. The van der Waals surface area contributed by atoms with Gasteiger partial charge in [0.25, 0.3) is 0 Å². The van der Waals surface area contributed by atoms with Crippen LogP contribution in [0.3, 0.4) is 0 Å². The molecule has 0 aliphatic carbocycles. The number of thiophene rings is 1. The molecule has 3 N–H and O–H groups in total. The topological polar surface area (TPSA) is 38.0 Å². The molecule has 0 aliphatic heterocycles. The molecule has 0 fully saturated rings. The van der Waals surface area contributed by atoms with Gasteiger partial charge in [0, 0.05) is 0 Å². The van der Waals surface area contributed by atoms with Gasteiger partial charge in [-0.3, -0.25) is 5.84 Å². The summed E-state index contributed by atoms with van der Waals surface area (Å²) in [7, 11) is 0. The fourth-order valence-corrected chi connectivity index (χ4v) is 3.01. The number of hydrogen-bond acceptors (Lipinski definition) is 3. The standard InChI is InChI=1S/C17H16N2S/c18-19-17(16-10-11-20-12-16)15-8-6-14(7-9-15)13-4-2-1-3-5-13/h1-12,17,19H,18H2. The van der Waals surface area contributed by atoms with Crippen LogP contribution in [0.25, 0.3) is 11.1 Å². The highest BCUT2D eigenvalue weighted by molar-refractivity contribution is 7.08. The van der Waals surface area contributed by atoms with Crippen LogP contribution in [0.2, 0.25) is 0 Å². The summed E-state index contributed by atoms with van der Waals surface area (Å²) in [5.41, 5.74) is 7.70. The lowest BCUT2D eigenvalue weighted by Gasteiger charge is -2.15. The van der Waals surface area contributed by atoms with Crippen molar-refractivity contribution >= 4 is 11.3 Å². The minimum atomic E-state index is 0.0473. The molecule has 3 rings (SSSR count). The third kappa shape index (κ3) is 2.65. The van der Waals surface area contributed by atoms with Crippen molar-refractivity contribution in [3.05, 3.63) is 82.6 Å². The zero-order valence-corrected chi connectivity index (χ0v) is 11.8. The molecule has 1 heterocycles. The van der Waals surface area contributed by atoms with Gasteiger partial charge < -0.3 is 0 Å². The largest absolute Gasteiger partial charge is 0.271 e. The van der Waals surface area contributed by atoms with Gasteiger partial charge in [0.15, 0.2) is 0 Å². The van der Waals surface area contributed by atoms with Gasteiger partial charge in [-0.15, -0.1) is 0 Å². The SMILES string of the molecule is NNC(c1ccc(-c2ccccc2)cc1)c1ccsc1. The van der Waals surface area contributed by atoms with Crippen LogP contribution in [0.15, 0.2) is 71.4 Å². The molecule has 1 atom stereocenters. The molecule has 0 amide bonds. The van der Waals surface area contributed by atoms with Crippen LogP contribution < -0.4 is 11.3 Å². The molecule has 100 valence electrons. The Morgan fingerprint density at radius 3 is 2.10 bits per heavy atom. The van der Waals surface area contributed by atoms with E-state index in [1.54, 1.807) is 11.3 Å². The number of rotatable bonds is 4. The molecule has 2 aromatic carbocycles. The predicted octanol–water partition coefficient (Wildman–Crippen LogP) is 3.97. The van der Waals surface area contributed by atoms with E-state index in [0.717, 1.165) is 0 Å². The average molecular weight is 280 g/mol. The molecule has 1 aromatic heterocycles. The number of hydrazine groups is 1. The van der Waals surface area contributed by atoms with E-state index in [4.69, 9.17) is 5.84 Å². The Morgan fingerprint density at radius 1 is 0.800 bits per heavy atom. The van der Waals surface area contributed by atoms with E-state index in [9.17, 15) is 0 Å². The second kappa shape index (κ2) is 6.01. The van der Waals surface area contributed by atoms with Gasteiger partial charge in [-0.1, -0.05) is 54.6 Å². The Bertz CT molecular complexity index is 645. The van der Waals surface area contributed by atoms with Gasteiger partial charge in [0.1, 0.15) is 0 Å². The lowest BCUT2D eigenvalue weighted by Crippen LogP contribution is -2.28. The second-order valence-corrected chi connectivity index (χ2v) is 5.42. The van der Waals surface area contributed by atoms with E-state index in [1.165, 1.54) is 22.3 Å². The lowest BCUT2D eigenvalue weighted by atomic mass is 9.98.